The predicted octanol–water partition coefficient (Wildman–Crippen LogP) is 1.31. The maximum absolute atomic E-state index is 12.0. The molecule has 2 aromatic heterocycles. The molecule has 0 saturated carbocycles. The van der Waals surface area contributed by atoms with Gasteiger partial charge in [-0.05, 0) is 19.1 Å². The molecule has 1 amide bonds. The number of hydrogen-bond donors (Lipinski definition) is 0. The lowest BCUT2D eigenvalue weighted by atomic mass is 10.3. The fourth-order valence-corrected chi connectivity index (χ4v) is 1.80. The second kappa shape index (κ2) is 6.18. The normalized spacial score (nSPS) is 11.2. The van der Waals surface area contributed by atoms with E-state index in [4.69, 9.17) is 0 Å². The highest BCUT2D eigenvalue weighted by atomic mass is 16.2. The zero-order valence-corrected chi connectivity index (χ0v) is 12.0. The largest absolute Gasteiger partial charge is 0.336 e. The number of likely N-dealkylation sites (N-methyl/N-ethyl adjacent to an activating group) is 1. The number of aromatic nitrogens is 4. The molecule has 0 fully saturated rings. The molecule has 106 valence electrons. The Hall–Kier alpha value is -2.37. The number of amides is 1. The van der Waals surface area contributed by atoms with Crippen LogP contribution in [-0.2, 0) is 24.9 Å². The van der Waals surface area contributed by atoms with Crippen molar-refractivity contribution in [3.8, 4) is 0 Å². The summed E-state index contributed by atoms with van der Waals surface area (Å²) in [7, 11) is 3.62. The van der Waals surface area contributed by atoms with E-state index in [0.29, 0.717) is 6.54 Å². The Bertz CT molecular complexity index is 611. The molecule has 6 heteroatoms. The average Bonchev–Trinajstić information content (AvgIpc) is 3.04. The van der Waals surface area contributed by atoms with E-state index in [1.54, 1.807) is 35.0 Å². The highest BCUT2D eigenvalue weighted by Gasteiger charge is 2.07. The molecule has 0 radical (unpaired) electrons. The molecule has 0 unspecified atom stereocenters. The fourth-order valence-electron chi connectivity index (χ4n) is 1.80. The molecule has 20 heavy (non-hydrogen) atoms. The van der Waals surface area contributed by atoms with E-state index < -0.39 is 0 Å². The van der Waals surface area contributed by atoms with E-state index in [1.807, 2.05) is 37.1 Å². The maximum Gasteiger partial charge on any atom is 0.246 e. The van der Waals surface area contributed by atoms with Gasteiger partial charge < -0.3 is 4.90 Å². The Kier molecular flexibility index (Phi) is 4.34. The van der Waals surface area contributed by atoms with Gasteiger partial charge in [0.1, 0.15) is 0 Å². The fraction of sp³-hybridized carbons (Fsp3) is 0.357. The molecule has 0 aliphatic rings. The van der Waals surface area contributed by atoms with Gasteiger partial charge in [-0.3, -0.25) is 14.2 Å². The molecule has 0 saturated heterocycles. The summed E-state index contributed by atoms with van der Waals surface area (Å²) < 4.78 is 3.55. The van der Waals surface area contributed by atoms with Gasteiger partial charge in [0.25, 0.3) is 0 Å². The van der Waals surface area contributed by atoms with Gasteiger partial charge in [0.2, 0.25) is 5.91 Å². The van der Waals surface area contributed by atoms with Crippen molar-refractivity contribution in [2.24, 2.45) is 7.05 Å². The van der Waals surface area contributed by atoms with Crippen LogP contribution in [0, 0.1) is 0 Å². The number of carbonyl (C=O) groups is 1. The summed E-state index contributed by atoms with van der Waals surface area (Å²) >= 11 is 0. The highest BCUT2D eigenvalue weighted by molar-refractivity contribution is 5.91. The predicted molar refractivity (Wildman–Crippen MR) is 76.6 cm³/mol. The second-order valence-corrected chi connectivity index (χ2v) is 4.64. The maximum atomic E-state index is 12.0. The van der Waals surface area contributed by atoms with E-state index in [0.717, 1.165) is 17.8 Å². The molecule has 0 atom stereocenters. The lowest BCUT2D eigenvalue weighted by molar-refractivity contribution is -0.125. The van der Waals surface area contributed by atoms with Crippen molar-refractivity contribution in [1.82, 2.24) is 24.5 Å². The van der Waals surface area contributed by atoms with Crippen molar-refractivity contribution in [3.63, 3.8) is 0 Å². The molecular formula is C14H19N5O. The summed E-state index contributed by atoms with van der Waals surface area (Å²) in [6.07, 6.45) is 8.84. The van der Waals surface area contributed by atoms with Crippen molar-refractivity contribution in [2.45, 2.75) is 20.0 Å². The number of hydrogen-bond acceptors (Lipinski definition) is 3. The summed E-state index contributed by atoms with van der Waals surface area (Å²) in [6.45, 7) is 3.34. The number of rotatable bonds is 5. The van der Waals surface area contributed by atoms with E-state index in [1.165, 1.54) is 0 Å². The Morgan fingerprint density at radius 3 is 2.90 bits per heavy atom. The van der Waals surface area contributed by atoms with Crippen molar-refractivity contribution in [2.75, 3.05) is 7.05 Å². The molecule has 0 spiro atoms. The van der Waals surface area contributed by atoms with Crippen LogP contribution < -0.4 is 0 Å². The standard InChI is InChI=1S/C14H19N5O/c1-4-19-10-12(9-15-19)5-6-14(20)17(2)11-13-7-8-18(3)16-13/h5-10H,4,11H2,1-3H3/b6-5+. The van der Waals surface area contributed by atoms with Crippen LogP contribution in [0.1, 0.15) is 18.2 Å². The van der Waals surface area contributed by atoms with Crippen LogP contribution in [0.2, 0.25) is 0 Å². The topological polar surface area (TPSA) is 56.0 Å². The lowest BCUT2D eigenvalue weighted by Crippen LogP contribution is -2.24. The van der Waals surface area contributed by atoms with E-state index >= 15 is 0 Å². The third kappa shape index (κ3) is 3.57. The minimum atomic E-state index is -0.0556. The molecule has 0 aliphatic carbocycles. The minimum absolute atomic E-state index is 0.0556. The quantitative estimate of drug-likeness (QED) is 0.772. The molecular weight excluding hydrogens is 254 g/mol. The van der Waals surface area contributed by atoms with Gasteiger partial charge in [0.05, 0.1) is 18.4 Å². The monoisotopic (exact) mass is 273 g/mol. The summed E-state index contributed by atoms with van der Waals surface area (Å²) in [6, 6.07) is 1.90. The first kappa shape index (κ1) is 14.0. The van der Waals surface area contributed by atoms with Gasteiger partial charge in [-0.2, -0.15) is 10.2 Å². The first-order valence-corrected chi connectivity index (χ1v) is 6.52. The van der Waals surface area contributed by atoms with Gasteiger partial charge >= 0.3 is 0 Å². The van der Waals surface area contributed by atoms with E-state index in [9.17, 15) is 4.79 Å². The Morgan fingerprint density at radius 1 is 1.50 bits per heavy atom. The van der Waals surface area contributed by atoms with Gasteiger partial charge in [0, 0.05) is 44.7 Å². The Labute approximate surface area is 118 Å². The summed E-state index contributed by atoms with van der Waals surface area (Å²) in [5.74, 6) is -0.0556. The first-order valence-electron chi connectivity index (χ1n) is 6.52. The van der Waals surface area contributed by atoms with Crippen molar-refractivity contribution in [1.29, 1.82) is 0 Å². The molecule has 0 bridgehead atoms. The molecule has 6 nitrogen and oxygen atoms in total. The highest BCUT2D eigenvalue weighted by Crippen LogP contribution is 2.04. The molecule has 2 rings (SSSR count). The minimum Gasteiger partial charge on any atom is -0.336 e. The molecule has 2 heterocycles. The Balaban J connectivity index is 1.93. The van der Waals surface area contributed by atoms with Crippen LogP contribution in [0.3, 0.4) is 0 Å². The molecule has 0 aliphatic heterocycles. The van der Waals surface area contributed by atoms with Crippen LogP contribution in [0.25, 0.3) is 6.08 Å². The van der Waals surface area contributed by atoms with Crippen molar-refractivity contribution in [3.05, 3.63) is 42.0 Å². The van der Waals surface area contributed by atoms with Crippen molar-refractivity contribution >= 4 is 12.0 Å². The van der Waals surface area contributed by atoms with Gasteiger partial charge in [-0.15, -0.1) is 0 Å². The van der Waals surface area contributed by atoms with E-state index in [-0.39, 0.29) is 5.91 Å². The van der Waals surface area contributed by atoms with Gasteiger partial charge in [-0.1, -0.05) is 0 Å². The molecule has 0 aromatic carbocycles. The SMILES string of the molecule is CCn1cc(/C=C/C(=O)N(C)Cc2ccn(C)n2)cn1. The lowest BCUT2D eigenvalue weighted by Gasteiger charge is -2.12. The van der Waals surface area contributed by atoms with Gasteiger partial charge in [-0.25, -0.2) is 0 Å². The zero-order valence-electron chi connectivity index (χ0n) is 12.0. The van der Waals surface area contributed by atoms with Crippen LogP contribution >= 0.6 is 0 Å². The van der Waals surface area contributed by atoms with E-state index in [2.05, 4.69) is 10.2 Å². The van der Waals surface area contributed by atoms with Crippen LogP contribution in [0.5, 0.6) is 0 Å². The van der Waals surface area contributed by atoms with Gasteiger partial charge in [0.15, 0.2) is 0 Å². The third-order valence-corrected chi connectivity index (χ3v) is 2.94. The number of carbonyl (C=O) groups excluding carboxylic acids is 1. The second-order valence-electron chi connectivity index (χ2n) is 4.64. The average molecular weight is 273 g/mol. The summed E-state index contributed by atoms with van der Waals surface area (Å²) in [5.41, 5.74) is 1.79. The van der Waals surface area contributed by atoms with Crippen LogP contribution in [-0.4, -0.2) is 37.4 Å². The number of nitrogens with zero attached hydrogens (tertiary/aromatic N) is 5. The van der Waals surface area contributed by atoms with Crippen LogP contribution in [0.4, 0.5) is 0 Å². The van der Waals surface area contributed by atoms with Crippen LogP contribution in [0.15, 0.2) is 30.7 Å². The Morgan fingerprint density at radius 2 is 2.30 bits per heavy atom. The summed E-state index contributed by atoms with van der Waals surface area (Å²) in [5, 5.41) is 8.41. The first-order chi connectivity index (χ1) is 9.58. The zero-order chi connectivity index (χ0) is 14.5. The third-order valence-electron chi connectivity index (χ3n) is 2.94. The molecule has 2 aromatic rings. The smallest absolute Gasteiger partial charge is 0.246 e. The number of aryl methyl sites for hydroxylation is 2. The molecule has 0 N–H and O–H groups in total. The summed E-state index contributed by atoms with van der Waals surface area (Å²) in [4.78, 5) is 13.6. The van der Waals surface area contributed by atoms with Crippen molar-refractivity contribution < 1.29 is 4.79 Å².